The number of fused-ring (bicyclic) bond motifs is 3. The van der Waals surface area contributed by atoms with E-state index >= 15 is 0 Å². The molecular formula is C45H61N4O12+. The molecule has 0 aromatic heterocycles. The first kappa shape index (κ1) is 45.4. The van der Waals surface area contributed by atoms with Gasteiger partial charge in [0.25, 0.3) is 11.7 Å². The van der Waals surface area contributed by atoms with Crippen molar-refractivity contribution in [3.8, 4) is 23.0 Å². The predicted molar refractivity (Wildman–Crippen MR) is 228 cm³/mol. The van der Waals surface area contributed by atoms with Crippen molar-refractivity contribution in [3.63, 3.8) is 0 Å². The van der Waals surface area contributed by atoms with Crippen molar-refractivity contribution >= 4 is 40.3 Å². The van der Waals surface area contributed by atoms with Crippen LogP contribution in [0.3, 0.4) is 0 Å². The molecule has 0 spiro atoms. The Bertz CT molecular complexity index is 2210. The maximum atomic E-state index is 14.7. The van der Waals surface area contributed by atoms with Gasteiger partial charge in [0.05, 0.1) is 104 Å². The lowest BCUT2D eigenvalue weighted by molar-refractivity contribution is -0.913. The second kappa shape index (κ2) is 17.0. The number of esters is 1. The van der Waals surface area contributed by atoms with E-state index < -0.39 is 93.7 Å². The number of carbonyl (C=O) groups excluding carboxylic acids is 3. The van der Waals surface area contributed by atoms with Crippen LogP contribution in [0.2, 0.25) is 0 Å². The van der Waals surface area contributed by atoms with Crippen LogP contribution >= 0.6 is 0 Å². The van der Waals surface area contributed by atoms with Gasteiger partial charge in [-0.1, -0.05) is 45.9 Å². The van der Waals surface area contributed by atoms with Crippen molar-refractivity contribution in [1.82, 2.24) is 5.01 Å². The highest BCUT2D eigenvalue weighted by molar-refractivity contribution is 6.24. The molecule has 1 fully saturated rings. The summed E-state index contributed by atoms with van der Waals surface area (Å²) in [7, 11) is 3.56. The SMILES string of the molecule is CCC[N+]1(C)CCN(/N=C\c2c3c(O)c4c(O)c5c6c(c4c2O)C(=O)C(C)(O/C=C/C(OC)C5(C)C(OC(C)=O)C(C)C(O)C(C)C(O)C(C)/C=C/C=C(/C)C(=O)N3)O6)CC1. The monoisotopic (exact) mass is 849 g/mol. The molecule has 4 aliphatic rings. The minimum absolute atomic E-state index is 0.158. The minimum atomic E-state index is -2.07. The van der Waals surface area contributed by atoms with E-state index in [1.807, 2.05) is 5.01 Å². The molecule has 6 N–H and O–H groups in total. The van der Waals surface area contributed by atoms with Crippen LogP contribution in [0.25, 0.3) is 10.8 Å². The third kappa shape index (κ3) is 7.83. The van der Waals surface area contributed by atoms with Crippen LogP contribution in [0.4, 0.5) is 5.69 Å². The fraction of sp³-hybridized carbons (Fsp3) is 0.556. The molecule has 6 rings (SSSR count). The lowest BCUT2D eigenvalue weighted by Crippen LogP contribution is -2.56. The number of rotatable bonds is 6. The van der Waals surface area contributed by atoms with E-state index in [1.54, 1.807) is 39.8 Å². The van der Waals surface area contributed by atoms with Crippen LogP contribution in [0, 0.1) is 17.8 Å². The van der Waals surface area contributed by atoms with Crippen LogP contribution in [0.15, 0.2) is 41.2 Å². The van der Waals surface area contributed by atoms with E-state index in [0.29, 0.717) is 13.1 Å². The Labute approximate surface area is 356 Å². The normalized spacial score (nSPS) is 33.5. The molecule has 5 bridgehead atoms. The average Bonchev–Trinajstić information content (AvgIpc) is 3.49. The predicted octanol–water partition coefficient (Wildman–Crippen LogP) is 4.59. The highest BCUT2D eigenvalue weighted by atomic mass is 16.7. The largest absolute Gasteiger partial charge is 0.507 e. The Hall–Kier alpha value is -5.16. The number of nitrogens with one attached hydrogen (secondary N) is 1. The number of phenolic OH excluding ortho intramolecular Hbond substituents is 3. The summed E-state index contributed by atoms with van der Waals surface area (Å²) in [6.07, 6.45) is 4.72. The first-order chi connectivity index (χ1) is 28.6. The number of anilines is 1. The fourth-order valence-corrected chi connectivity index (χ4v) is 9.54. The smallest absolute Gasteiger partial charge is 0.312 e. The number of piperazine rings is 1. The number of nitrogens with zero attached hydrogens (tertiary/aromatic N) is 3. The van der Waals surface area contributed by atoms with Gasteiger partial charge in [0, 0.05) is 49.7 Å². The molecule has 2 aromatic rings. The lowest BCUT2D eigenvalue weighted by atomic mass is 9.65. The Morgan fingerprint density at radius 2 is 1.70 bits per heavy atom. The van der Waals surface area contributed by atoms with E-state index in [9.17, 15) is 39.9 Å². The molecule has 4 heterocycles. The van der Waals surface area contributed by atoms with Gasteiger partial charge in [-0.3, -0.25) is 19.4 Å². The van der Waals surface area contributed by atoms with Crippen molar-refractivity contribution in [1.29, 1.82) is 0 Å². The highest BCUT2D eigenvalue weighted by Crippen LogP contribution is 2.60. The number of Topliss-reactive ketones (excluding diaryl/α,β-unsaturated/α-hetero) is 1. The number of hydrogen-bond acceptors (Lipinski definition) is 14. The van der Waals surface area contributed by atoms with Gasteiger partial charge < -0.3 is 54.3 Å². The van der Waals surface area contributed by atoms with E-state index in [0.717, 1.165) is 30.5 Å². The van der Waals surface area contributed by atoms with E-state index in [1.165, 1.54) is 52.5 Å². The van der Waals surface area contributed by atoms with Crippen LogP contribution in [0.1, 0.15) is 83.3 Å². The number of allylic oxidation sites excluding steroid dienone is 2. The number of aromatic hydroxyl groups is 3. The molecule has 1 saturated heterocycles. The van der Waals surface area contributed by atoms with E-state index in [4.69, 9.17) is 18.9 Å². The highest BCUT2D eigenvalue weighted by Gasteiger charge is 2.58. The van der Waals surface area contributed by atoms with Crippen LogP contribution in [-0.2, 0) is 29.2 Å². The summed E-state index contributed by atoms with van der Waals surface area (Å²) in [4.78, 5) is 41.8. The summed E-state index contributed by atoms with van der Waals surface area (Å²) >= 11 is 0. The van der Waals surface area contributed by atoms with Gasteiger partial charge in [-0.05, 0) is 26.3 Å². The molecule has 16 heteroatoms. The van der Waals surface area contributed by atoms with E-state index in [2.05, 4.69) is 24.4 Å². The van der Waals surface area contributed by atoms with Crippen LogP contribution in [0.5, 0.6) is 23.0 Å². The molecular weight excluding hydrogens is 789 g/mol. The molecule has 0 aliphatic carbocycles. The van der Waals surface area contributed by atoms with Crippen LogP contribution in [-0.4, -0.2) is 136 Å². The van der Waals surface area contributed by atoms with Gasteiger partial charge in [0.15, 0.2) is 5.75 Å². The van der Waals surface area contributed by atoms with Crippen molar-refractivity contribution < 1.29 is 63.3 Å². The average molecular weight is 850 g/mol. The van der Waals surface area contributed by atoms with Crippen molar-refractivity contribution in [2.45, 2.75) is 97.4 Å². The van der Waals surface area contributed by atoms with Gasteiger partial charge in [-0.2, -0.15) is 5.10 Å². The number of quaternary nitrogens is 1. The number of hydrogen-bond donors (Lipinski definition) is 6. The number of phenols is 3. The number of ketones is 1. The van der Waals surface area contributed by atoms with Crippen molar-refractivity contribution in [2.75, 3.05) is 52.2 Å². The molecule has 9 unspecified atom stereocenters. The number of ether oxygens (including phenoxy) is 4. The molecule has 16 nitrogen and oxygen atoms in total. The molecule has 9 atom stereocenters. The van der Waals surface area contributed by atoms with Gasteiger partial charge >= 0.3 is 11.8 Å². The number of carbonyl (C=O) groups is 3. The Morgan fingerprint density at radius 3 is 2.33 bits per heavy atom. The molecule has 332 valence electrons. The number of amides is 1. The second-order valence-corrected chi connectivity index (χ2v) is 17.7. The van der Waals surface area contributed by atoms with E-state index in [-0.39, 0.29) is 39.1 Å². The van der Waals surface area contributed by atoms with Gasteiger partial charge in [-0.15, -0.1) is 0 Å². The molecule has 1 amide bonds. The lowest BCUT2D eigenvalue weighted by Gasteiger charge is -2.46. The second-order valence-electron chi connectivity index (χ2n) is 17.7. The first-order valence-electron chi connectivity index (χ1n) is 20.9. The molecule has 4 aliphatic heterocycles. The fourth-order valence-electron chi connectivity index (χ4n) is 9.54. The number of likely N-dealkylation sites (N-methyl/N-ethyl adjacent to an activating group) is 1. The Kier molecular flexibility index (Phi) is 12.6. The summed E-state index contributed by atoms with van der Waals surface area (Å²) in [5, 5.41) is 69.7. The number of benzene rings is 2. The number of methoxy groups -OCH3 is 1. The van der Waals surface area contributed by atoms with Crippen molar-refractivity contribution in [3.05, 3.63) is 52.8 Å². The van der Waals surface area contributed by atoms with Crippen molar-refractivity contribution in [2.24, 2.45) is 22.9 Å². The van der Waals surface area contributed by atoms with Gasteiger partial charge in [0.1, 0.15) is 23.4 Å². The number of aliphatic hydroxyl groups is 2. The quantitative estimate of drug-likeness (QED) is 0.0773. The standard InChI is InChI=1S/C45H60N4O12/c1-11-18-49(9)19-16-48(17-20-49)46-22-28-34-39(55)31-30(37(28)53)32-40-33(38(31)54)44(7,29(58-10)15-21-59-45(8,61-40)41(32)56)42(60-27(6)50)26(5)36(52)25(4)35(51)23(2)13-12-14-24(3)43(57)47-34/h12-15,21-23,25-26,29,35-36,42,51-52H,11,16-20H2,1-10H3,(H3-,46,47,53,54,55,56,57)/p+1/b13-12+,21-15+,24-14-. The molecule has 0 radical (unpaired) electrons. The minimum Gasteiger partial charge on any atom is -0.507 e. The maximum absolute atomic E-state index is 14.7. The zero-order valence-corrected chi connectivity index (χ0v) is 36.7. The van der Waals surface area contributed by atoms with Gasteiger partial charge in [-0.25, -0.2) is 0 Å². The molecule has 61 heavy (non-hydrogen) atoms. The molecule has 2 aromatic carbocycles. The Morgan fingerprint density at radius 1 is 1.03 bits per heavy atom. The Balaban J connectivity index is 1.73. The number of aliphatic hydroxyl groups excluding tert-OH is 2. The third-order valence-corrected chi connectivity index (χ3v) is 13.3. The van der Waals surface area contributed by atoms with Crippen LogP contribution < -0.4 is 10.1 Å². The zero-order chi connectivity index (χ0) is 44.9. The maximum Gasteiger partial charge on any atom is 0.312 e. The summed E-state index contributed by atoms with van der Waals surface area (Å²) in [5.41, 5.74) is -2.57. The summed E-state index contributed by atoms with van der Waals surface area (Å²) in [5.74, 6) is -8.98. The summed E-state index contributed by atoms with van der Waals surface area (Å²) in [6, 6.07) is 0. The first-order valence-corrected chi connectivity index (χ1v) is 20.9. The molecule has 0 saturated carbocycles. The third-order valence-electron chi connectivity index (χ3n) is 13.3. The zero-order valence-electron chi connectivity index (χ0n) is 36.7. The van der Waals surface area contributed by atoms with Gasteiger partial charge in [0.2, 0.25) is 0 Å². The number of hydrazone groups is 1. The topological polar surface area (TPSA) is 217 Å². The summed E-state index contributed by atoms with van der Waals surface area (Å²) in [6.45, 7) is 16.6. The summed E-state index contributed by atoms with van der Waals surface area (Å²) < 4.78 is 25.4.